The Morgan fingerprint density at radius 1 is 1.23 bits per heavy atom. The molecule has 2 N–H and O–H groups in total. The Morgan fingerprint density at radius 3 is 2.77 bits per heavy atom. The Morgan fingerprint density at radius 2 is 2.00 bits per heavy atom. The Kier molecular flexibility index (Phi) is 5.09. The summed E-state index contributed by atoms with van der Waals surface area (Å²) in [5.41, 5.74) is 9.93. The van der Waals surface area contributed by atoms with Crippen LogP contribution in [0.25, 0.3) is 27.7 Å². The second kappa shape index (κ2) is 7.92. The Balaban J connectivity index is 1.54. The van der Waals surface area contributed by atoms with Gasteiger partial charge in [-0.15, -0.1) is 0 Å². The largest absolute Gasteiger partial charge is 0.383 e. The molecule has 4 aromatic rings. The molecule has 0 saturated carbocycles. The molecule has 0 atom stereocenters. The van der Waals surface area contributed by atoms with Crippen molar-refractivity contribution in [2.45, 2.75) is 26.2 Å². The van der Waals surface area contributed by atoms with E-state index in [1.165, 1.54) is 0 Å². The first-order chi connectivity index (χ1) is 15.0. The summed E-state index contributed by atoms with van der Waals surface area (Å²) in [6.45, 7) is 3.36. The van der Waals surface area contributed by atoms with Crippen molar-refractivity contribution in [3.05, 3.63) is 47.2 Å². The average molecular weight is 479 g/mol. The van der Waals surface area contributed by atoms with Gasteiger partial charge in [0.25, 0.3) is 0 Å². The van der Waals surface area contributed by atoms with Crippen molar-refractivity contribution < 1.29 is 4.79 Å². The first-order valence-electron chi connectivity index (χ1n) is 10.4. The van der Waals surface area contributed by atoms with Gasteiger partial charge in [-0.2, -0.15) is 9.61 Å². The molecule has 3 aromatic heterocycles. The number of pyridine rings is 1. The van der Waals surface area contributed by atoms with Crippen molar-refractivity contribution in [2.24, 2.45) is 5.92 Å². The fourth-order valence-electron chi connectivity index (χ4n) is 4.37. The third-order valence-electron chi connectivity index (χ3n) is 6.00. The quantitative estimate of drug-likeness (QED) is 0.464. The summed E-state index contributed by atoms with van der Waals surface area (Å²) in [7, 11) is 0. The van der Waals surface area contributed by atoms with Gasteiger partial charge in [0.05, 0.1) is 11.7 Å². The van der Waals surface area contributed by atoms with Crippen LogP contribution in [-0.2, 0) is 4.79 Å². The van der Waals surface area contributed by atoms with E-state index >= 15 is 0 Å². The molecule has 1 fully saturated rings. The maximum Gasteiger partial charge on any atom is 0.167 e. The summed E-state index contributed by atoms with van der Waals surface area (Å²) in [6.07, 6.45) is 6.25. The minimum atomic E-state index is 0.260. The number of Topliss-reactive ketones (excluding diaryl/α,β-unsaturated/α-hetero) is 1. The number of carbonyl (C=O) groups excluding carboxylic acids is 1. The number of para-hydroxylation sites is 1. The maximum absolute atomic E-state index is 11.5. The minimum Gasteiger partial charge on any atom is -0.383 e. The van der Waals surface area contributed by atoms with Crippen LogP contribution in [0.3, 0.4) is 0 Å². The van der Waals surface area contributed by atoms with Gasteiger partial charge in [-0.05, 0) is 53.7 Å². The van der Waals surface area contributed by atoms with E-state index in [0.29, 0.717) is 23.8 Å². The smallest absolute Gasteiger partial charge is 0.167 e. The molecular formula is C23H23BrN6O. The van der Waals surface area contributed by atoms with Crippen LogP contribution < -0.4 is 10.6 Å². The van der Waals surface area contributed by atoms with E-state index in [9.17, 15) is 4.79 Å². The molecule has 0 unspecified atom stereocenters. The fraction of sp³-hybridized carbons (Fsp3) is 0.304. The highest BCUT2D eigenvalue weighted by molar-refractivity contribution is 9.10. The van der Waals surface area contributed by atoms with Crippen LogP contribution >= 0.6 is 15.9 Å². The first kappa shape index (κ1) is 19.9. The van der Waals surface area contributed by atoms with Crippen LogP contribution in [0.1, 0.15) is 26.2 Å². The van der Waals surface area contributed by atoms with E-state index in [2.05, 4.69) is 37.0 Å². The second-order valence-corrected chi connectivity index (χ2v) is 8.97. The standard InChI is InChI=1S/C23H23BrN6O/c1-14(31)10-15-6-8-29(9-7-15)23-20(24)21(25)30-22(28-23)18(13-27-30)17-11-16-4-2-3-5-19(16)26-12-17/h2-5,11-13,15H,6-10,25H2,1H3. The average Bonchev–Trinajstić information content (AvgIpc) is 3.20. The highest BCUT2D eigenvalue weighted by Gasteiger charge is 2.25. The van der Waals surface area contributed by atoms with E-state index in [-0.39, 0.29) is 5.78 Å². The number of fused-ring (bicyclic) bond motifs is 2. The number of aromatic nitrogens is 4. The third-order valence-corrected chi connectivity index (χ3v) is 6.76. The molecule has 0 aliphatic carbocycles. The molecule has 7 nitrogen and oxygen atoms in total. The molecule has 158 valence electrons. The summed E-state index contributed by atoms with van der Waals surface area (Å²) in [6, 6.07) is 10.1. The van der Waals surface area contributed by atoms with Gasteiger partial charge in [-0.25, -0.2) is 4.98 Å². The third kappa shape index (κ3) is 3.65. The van der Waals surface area contributed by atoms with Gasteiger partial charge >= 0.3 is 0 Å². The molecule has 4 heterocycles. The molecule has 8 heteroatoms. The highest BCUT2D eigenvalue weighted by atomic mass is 79.9. The van der Waals surface area contributed by atoms with E-state index in [4.69, 9.17) is 10.7 Å². The van der Waals surface area contributed by atoms with E-state index in [1.807, 2.05) is 30.5 Å². The summed E-state index contributed by atoms with van der Waals surface area (Å²) >= 11 is 3.63. The molecule has 5 rings (SSSR count). The van der Waals surface area contributed by atoms with Gasteiger partial charge in [0.15, 0.2) is 5.65 Å². The monoisotopic (exact) mass is 478 g/mol. The number of nitrogens with two attached hydrogens (primary N) is 1. The van der Waals surface area contributed by atoms with E-state index in [0.717, 1.165) is 58.3 Å². The maximum atomic E-state index is 11.5. The van der Waals surface area contributed by atoms with Gasteiger partial charge in [-0.1, -0.05) is 18.2 Å². The normalized spacial score (nSPS) is 15.1. The van der Waals surface area contributed by atoms with Gasteiger partial charge in [0.2, 0.25) is 0 Å². The zero-order chi connectivity index (χ0) is 21.5. The molecule has 0 spiro atoms. The van der Waals surface area contributed by atoms with Crippen molar-refractivity contribution in [2.75, 3.05) is 23.7 Å². The first-order valence-corrected chi connectivity index (χ1v) is 11.2. The van der Waals surface area contributed by atoms with E-state index in [1.54, 1.807) is 17.6 Å². The summed E-state index contributed by atoms with van der Waals surface area (Å²) < 4.78 is 2.41. The topological polar surface area (TPSA) is 89.4 Å². The molecule has 1 aromatic carbocycles. The number of hydrogen-bond acceptors (Lipinski definition) is 6. The van der Waals surface area contributed by atoms with Crippen LogP contribution in [0.15, 0.2) is 47.2 Å². The van der Waals surface area contributed by atoms with Crippen molar-refractivity contribution in [3.63, 3.8) is 0 Å². The lowest BCUT2D eigenvalue weighted by atomic mass is 9.92. The Hall–Kier alpha value is -3.00. The zero-order valence-corrected chi connectivity index (χ0v) is 18.8. The van der Waals surface area contributed by atoms with Gasteiger partial charge < -0.3 is 15.4 Å². The number of ketones is 1. The molecule has 0 amide bonds. The van der Waals surface area contributed by atoms with Gasteiger partial charge in [-0.3, -0.25) is 4.98 Å². The molecule has 31 heavy (non-hydrogen) atoms. The fourth-order valence-corrected chi connectivity index (χ4v) is 4.88. The molecule has 1 saturated heterocycles. The van der Waals surface area contributed by atoms with Crippen LogP contribution in [0.2, 0.25) is 0 Å². The molecular weight excluding hydrogens is 456 g/mol. The molecule has 0 bridgehead atoms. The second-order valence-electron chi connectivity index (χ2n) is 8.18. The predicted molar refractivity (Wildman–Crippen MR) is 126 cm³/mol. The molecule has 1 aliphatic heterocycles. The number of rotatable bonds is 4. The lowest BCUT2D eigenvalue weighted by Crippen LogP contribution is -2.35. The SMILES string of the molecule is CC(=O)CC1CCN(c2nc3c(-c4cnc5ccccc5c4)cnn3c(N)c2Br)CC1. The molecule has 1 aliphatic rings. The van der Waals surface area contributed by atoms with Crippen molar-refractivity contribution in [1.82, 2.24) is 19.6 Å². The number of piperidine rings is 1. The van der Waals surface area contributed by atoms with Crippen molar-refractivity contribution in [1.29, 1.82) is 0 Å². The van der Waals surface area contributed by atoms with Crippen LogP contribution in [-0.4, -0.2) is 38.5 Å². The van der Waals surface area contributed by atoms with Crippen molar-refractivity contribution >= 4 is 49.9 Å². The Labute approximate surface area is 188 Å². The molecule has 0 radical (unpaired) electrons. The van der Waals surface area contributed by atoms with Crippen molar-refractivity contribution in [3.8, 4) is 11.1 Å². The number of halogens is 1. The Bertz CT molecular complexity index is 1290. The number of carbonyl (C=O) groups is 1. The van der Waals surface area contributed by atoms with Gasteiger partial charge in [0, 0.05) is 42.2 Å². The number of anilines is 2. The summed E-state index contributed by atoms with van der Waals surface area (Å²) in [5, 5.41) is 5.55. The van der Waals surface area contributed by atoms with Crippen LogP contribution in [0.4, 0.5) is 11.6 Å². The van der Waals surface area contributed by atoms with Crippen LogP contribution in [0.5, 0.6) is 0 Å². The lowest BCUT2D eigenvalue weighted by molar-refractivity contribution is -0.118. The number of hydrogen-bond donors (Lipinski definition) is 1. The number of nitrogens with zero attached hydrogens (tertiary/aromatic N) is 5. The minimum absolute atomic E-state index is 0.260. The summed E-state index contributed by atoms with van der Waals surface area (Å²) in [4.78, 5) is 23.3. The van der Waals surface area contributed by atoms with Crippen LogP contribution in [0, 0.1) is 5.92 Å². The zero-order valence-electron chi connectivity index (χ0n) is 17.3. The highest BCUT2D eigenvalue weighted by Crippen LogP contribution is 2.36. The lowest BCUT2D eigenvalue weighted by Gasteiger charge is -2.33. The predicted octanol–water partition coefficient (Wildman–Crippen LogP) is 4.48. The summed E-state index contributed by atoms with van der Waals surface area (Å²) in [5.74, 6) is 2.05. The van der Waals surface area contributed by atoms with E-state index < -0.39 is 0 Å². The number of nitrogen functional groups attached to an aromatic ring is 1. The van der Waals surface area contributed by atoms with Gasteiger partial charge in [0.1, 0.15) is 21.9 Å². The number of benzene rings is 1.